The van der Waals surface area contributed by atoms with Crippen LogP contribution in [-0.2, 0) is 16.3 Å². The summed E-state index contributed by atoms with van der Waals surface area (Å²) in [5.74, 6) is 0.897. The Kier molecular flexibility index (Phi) is 3.16. The van der Waals surface area contributed by atoms with Crippen molar-refractivity contribution in [3.05, 3.63) is 24.0 Å². The third kappa shape index (κ3) is 2.37. The van der Waals surface area contributed by atoms with Gasteiger partial charge < -0.3 is 5.32 Å². The summed E-state index contributed by atoms with van der Waals surface area (Å²) < 4.78 is 24.2. The fourth-order valence-corrected chi connectivity index (χ4v) is 4.14. The molecule has 1 aliphatic heterocycles. The van der Waals surface area contributed by atoms with Gasteiger partial charge >= 0.3 is 0 Å². The Labute approximate surface area is 124 Å². The monoisotopic (exact) mass is 305 g/mol. The predicted molar refractivity (Wildman–Crippen MR) is 83.3 cm³/mol. The van der Waals surface area contributed by atoms with Crippen LogP contribution in [0.5, 0.6) is 0 Å². The van der Waals surface area contributed by atoms with E-state index in [9.17, 15) is 8.42 Å². The number of nitrogens with one attached hydrogen (secondary N) is 1. The number of rotatable bonds is 3. The summed E-state index contributed by atoms with van der Waals surface area (Å²) in [5.41, 5.74) is 1.53. The summed E-state index contributed by atoms with van der Waals surface area (Å²) in [6.45, 7) is 6.30. The Bertz CT molecular complexity index is 813. The molecule has 3 rings (SSSR count). The van der Waals surface area contributed by atoms with Crippen LogP contribution in [0.4, 0.5) is 5.82 Å². The van der Waals surface area contributed by atoms with Crippen LogP contribution in [0.2, 0.25) is 0 Å². The molecule has 0 fully saturated rings. The van der Waals surface area contributed by atoms with Crippen LogP contribution >= 0.6 is 0 Å². The molecule has 0 amide bonds. The minimum Gasteiger partial charge on any atom is -0.365 e. The summed E-state index contributed by atoms with van der Waals surface area (Å²) in [6.07, 6.45) is 2.99. The molecule has 0 bridgehead atoms. The minimum absolute atomic E-state index is 0.110. The summed E-state index contributed by atoms with van der Waals surface area (Å²) in [5, 5.41) is 4.27. The Morgan fingerprint density at radius 3 is 2.76 bits per heavy atom. The van der Waals surface area contributed by atoms with Gasteiger partial charge in [-0.2, -0.15) is 0 Å². The maximum absolute atomic E-state index is 12.1. The average Bonchev–Trinajstić information content (AvgIpc) is 2.74. The number of aryl methyl sites for hydroxylation is 1. The highest BCUT2D eigenvalue weighted by Gasteiger charge is 2.29. The Hall–Kier alpha value is -1.69. The molecular weight excluding hydrogens is 286 g/mol. The van der Waals surface area contributed by atoms with Gasteiger partial charge in [-0.05, 0) is 44.4 Å². The van der Waals surface area contributed by atoms with Crippen molar-refractivity contribution in [3.63, 3.8) is 0 Å². The first-order valence-electron chi connectivity index (χ1n) is 7.11. The molecule has 5 nitrogen and oxygen atoms in total. The molecule has 2 aromatic rings. The third-order valence-corrected chi connectivity index (χ3v) is 5.96. The second-order valence-corrected chi connectivity index (χ2v) is 8.17. The van der Waals surface area contributed by atoms with Crippen LogP contribution in [0.3, 0.4) is 0 Å². The van der Waals surface area contributed by atoms with Gasteiger partial charge in [0.15, 0.2) is 9.84 Å². The molecular formula is C15H19N3O2S. The van der Waals surface area contributed by atoms with Crippen molar-refractivity contribution >= 4 is 26.6 Å². The lowest BCUT2D eigenvalue weighted by Gasteiger charge is -2.26. The zero-order chi connectivity index (χ0) is 15.3. The van der Waals surface area contributed by atoms with Crippen molar-refractivity contribution in [2.75, 3.05) is 11.1 Å². The second kappa shape index (κ2) is 4.66. The fraction of sp³-hybridized carbons (Fsp3) is 0.467. The number of fused-ring (bicyclic) bond motifs is 3. The molecule has 0 saturated carbocycles. The second-order valence-electron chi connectivity index (χ2n) is 6.09. The topological polar surface area (TPSA) is 72.0 Å². The SMILES string of the molecule is CCC(C)(C)Nc1ncnc2ccc3c(c12)CCS3(=O)=O. The summed E-state index contributed by atoms with van der Waals surface area (Å²) >= 11 is 0. The summed E-state index contributed by atoms with van der Waals surface area (Å²) in [7, 11) is -3.15. The summed E-state index contributed by atoms with van der Waals surface area (Å²) in [6, 6.07) is 3.44. The molecule has 1 aliphatic rings. The number of sulfone groups is 1. The van der Waals surface area contributed by atoms with Crippen LogP contribution in [0.25, 0.3) is 10.9 Å². The molecule has 112 valence electrons. The van der Waals surface area contributed by atoms with E-state index in [1.54, 1.807) is 12.1 Å². The number of aromatic nitrogens is 2. The minimum atomic E-state index is -3.15. The zero-order valence-corrected chi connectivity index (χ0v) is 13.3. The smallest absolute Gasteiger partial charge is 0.179 e. The van der Waals surface area contributed by atoms with Gasteiger partial charge in [-0.25, -0.2) is 18.4 Å². The first-order chi connectivity index (χ1) is 9.84. The first-order valence-corrected chi connectivity index (χ1v) is 8.77. The molecule has 0 atom stereocenters. The lowest BCUT2D eigenvalue weighted by atomic mass is 10.0. The van der Waals surface area contributed by atoms with Crippen LogP contribution < -0.4 is 5.32 Å². The quantitative estimate of drug-likeness (QED) is 0.943. The van der Waals surface area contributed by atoms with Crippen molar-refractivity contribution in [1.82, 2.24) is 9.97 Å². The Morgan fingerprint density at radius 2 is 2.05 bits per heavy atom. The van der Waals surface area contributed by atoms with E-state index in [-0.39, 0.29) is 11.3 Å². The number of hydrogen-bond acceptors (Lipinski definition) is 5. The molecule has 1 aromatic carbocycles. The maximum atomic E-state index is 12.1. The van der Waals surface area contributed by atoms with Gasteiger partial charge in [0.1, 0.15) is 12.1 Å². The maximum Gasteiger partial charge on any atom is 0.179 e. The lowest BCUT2D eigenvalue weighted by Crippen LogP contribution is -2.30. The number of benzene rings is 1. The molecule has 1 aromatic heterocycles. The van der Waals surface area contributed by atoms with Gasteiger partial charge in [0.2, 0.25) is 0 Å². The van der Waals surface area contributed by atoms with Gasteiger partial charge in [-0.15, -0.1) is 0 Å². The van der Waals surface area contributed by atoms with Gasteiger partial charge in [-0.1, -0.05) is 6.92 Å². The van der Waals surface area contributed by atoms with Crippen molar-refractivity contribution < 1.29 is 8.42 Å². The molecule has 0 saturated heterocycles. The summed E-state index contributed by atoms with van der Waals surface area (Å²) in [4.78, 5) is 9.06. The van der Waals surface area contributed by atoms with Crippen LogP contribution in [-0.4, -0.2) is 29.7 Å². The fourth-order valence-electron chi connectivity index (χ4n) is 2.59. The average molecular weight is 305 g/mol. The molecule has 1 N–H and O–H groups in total. The van der Waals surface area contributed by atoms with E-state index in [1.165, 1.54) is 6.33 Å². The molecule has 6 heteroatoms. The van der Waals surface area contributed by atoms with E-state index in [0.29, 0.717) is 11.3 Å². The predicted octanol–water partition coefficient (Wildman–Crippen LogP) is 2.56. The molecule has 2 heterocycles. The Morgan fingerprint density at radius 1 is 1.29 bits per heavy atom. The Balaban J connectivity index is 2.26. The number of anilines is 1. The van der Waals surface area contributed by atoms with E-state index in [1.807, 2.05) is 0 Å². The van der Waals surface area contributed by atoms with Crippen LogP contribution in [0.15, 0.2) is 23.4 Å². The third-order valence-electron chi connectivity index (χ3n) is 4.16. The largest absolute Gasteiger partial charge is 0.365 e. The van der Waals surface area contributed by atoms with Crippen molar-refractivity contribution in [3.8, 4) is 0 Å². The highest BCUT2D eigenvalue weighted by Crippen LogP contribution is 2.35. The first kappa shape index (κ1) is 14.3. The van der Waals surface area contributed by atoms with Gasteiger partial charge in [0, 0.05) is 10.9 Å². The normalized spacial score (nSPS) is 16.9. The van der Waals surface area contributed by atoms with Gasteiger partial charge in [0.25, 0.3) is 0 Å². The highest BCUT2D eigenvalue weighted by atomic mass is 32.2. The standard InChI is InChI=1S/C15H19N3O2S/c1-4-15(2,3)18-14-13-10-7-8-21(19,20)12(10)6-5-11(13)16-9-17-14/h5-6,9H,4,7-8H2,1-3H3,(H,16,17,18). The molecule has 0 unspecified atom stereocenters. The highest BCUT2D eigenvalue weighted by molar-refractivity contribution is 7.91. The lowest BCUT2D eigenvalue weighted by molar-refractivity contribution is 0.545. The van der Waals surface area contributed by atoms with Crippen LogP contribution in [0, 0.1) is 0 Å². The van der Waals surface area contributed by atoms with Gasteiger partial charge in [-0.3, -0.25) is 0 Å². The van der Waals surface area contributed by atoms with E-state index in [2.05, 4.69) is 36.1 Å². The zero-order valence-electron chi connectivity index (χ0n) is 12.5. The van der Waals surface area contributed by atoms with E-state index in [4.69, 9.17) is 0 Å². The van der Waals surface area contributed by atoms with Crippen LogP contribution in [0.1, 0.15) is 32.8 Å². The van der Waals surface area contributed by atoms with E-state index < -0.39 is 9.84 Å². The molecule has 21 heavy (non-hydrogen) atoms. The van der Waals surface area contributed by atoms with E-state index >= 15 is 0 Å². The van der Waals surface area contributed by atoms with Crippen molar-refractivity contribution in [2.24, 2.45) is 0 Å². The van der Waals surface area contributed by atoms with Crippen molar-refractivity contribution in [2.45, 2.75) is 44.0 Å². The molecule has 0 aliphatic carbocycles. The van der Waals surface area contributed by atoms with Crippen molar-refractivity contribution in [1.29, 1.82) is 0 Å². The molecule has 0 spiro atoms. The van der Waals surface area contributed by atoms with Gasteiger partial charge in [0.05, 0.1) is 16.2 Å². The molecule has 0 radical (unpaired) electrons. The number of hydrogen-bond donors (Lipinski definition) is 1. The number of nitrogens with zero attached hydrogens (tertiary/aromatic N) is 2. The van der Waals surface area contributed by atoms with E-state index in [0.717, 1.165) is 28.7 Å².